The summed E-state index contributed by atoms with van der Waals surface area (Å²) in [5, 5.41) is 1.16. The topological polar surface area (TPSA) is 76.3 Å². The number of carbonyl (C=O) groups is 1. The van der Waals surface area contributed by atoms with Crippen molar-refractivity contribution in [2.45, 2.75) is 63.9 Å². The highest BCUT2D eigenvalue weighted by molar-refractivity contribution is 5.85. The number of rotatable bonds is 11. The number of methoxy groups -OCH3 is 1. The molecule has 0 saturated carbocycles. The van der Waals surface area contributed by atoms with Crippen LogP contribution >= 0.6 is 0 Å². The molecule has 43 heavy (non-hydrogen) atoms. The minimum Gasteiger partial charge on any atom is -0.492 e. The van der Waals surface area contributed by atoms with Crippen LogP contribution in [0, 0.1) is 0 Å². The van der Waals surface area contributed by atoms with E-state index in [0.29, 0.717) is 11.5 Å². The SMILES string of the molecule is COc1c(OCCN(CCCF)C(=O)OC(C)(C)C)cccc1[C@@H]1c2[nH]c3ccccc3c2C[C@@H](C)N1CC1(F)COC1. The molecule has 0 unspecified atom stereocenters. The molecule has 3 heterocycles. The third-order valence-electron chi connectivity index (χ3n) is 8.05. The lowest BCUT2D eigenvalue weighted by atomic mass is 9.86. The lowest BCUT2D eigenvalue weighted by Gasteiger charge is -2.46. The number of nitrogens with one attached hydrogen (secondary N) is 1. The Morgan fingerprint density at radius 1 is 1.16 bits per heavy atom. The van der Waals surface area contributed by atoms with Gasteiger partial charge in [-0.25, -0.2) is 9.18 Å². The molecule has 10 heteroatoms. The van der Waals surface area contributed by atoms with Crippen molar-refractivity contribution in [3.8, 4) is 11.5 Å². The average Bonchev–Trinajstić information content (AvgIpc) is 3.31. The summed E-state index contributed by atoms with van der Waals surface area (Å²) in [5.41, 5.74) is 2.04. The zero-order chi connectivity index (χ0) is 30.8. The van der Waals surface area contributed by atoms with Gasteiger partial charge in [0.25, 0.3) is 0 Å². The van der Waals surface area contributed by atoms with Crippen LogP contribution in [0.1, 0.15) is 57.0 Å². The van der Waals surface area contributed by atoms with Gasteiger partial charge in [0.15, 0.2) is 17.2 Å². The van der Waals surface area contributed by atoms with E-state index in [2.05, 4.69) is 28.9 Å². The molecule has 2 aliphatic rings. The molecule has 1 N–H and O–H groups in total. The smallest absolute Gasteiger partial charge is 0.410 e. The van der Waals surface area contributed by atoms with Crippen molar-refractivity contribution in [2.24, 2.45) is 0 Å². The molecule has 3 aromatic rings. The Morgan fingerprint density at radius 2 is 1.93 bits per heavy atom. The monoisotopic (exact) mass is 599 g/mol. The summed E-state index contributed by atoms with van der Waals surface area (Å²) in [6.07, 6.45) is 0.482. The normalized spacial score (nSPS) is 19.9. The number of benzene rings is 2. The van der Waals surface area contributed by atoms with E-state index in [1.807, 2.05) is 30.3 Å². The summed E-state index contributed by atoms with van der Waals surface area (Å²) in [7, 11) is 1.60. The molecule has 1 aromatic heterocycles. The van der Waals surface area contributed by atoms with Crippen molar-refractivity contribution < 1.29 is 32.5 Å². The number of hydrogen-bond donors (Lipinski definition) is 1. The first-order valence-corrected chi connectivity index (χ1v) is 15.0. The second kappa shape index (κ2) is 12.7. The van der Waals surface area contributed by atoms with Crippen LogP contribution in [-0.4, -0.2) is 91.4 Å². The predicted octanol–water partition coefficient (Wildman–Crippen LogP) is 6.23. The van der Waals surface area contributed by atoms with Crippen molar-refractivity contribution in [1.29, 1.82) is 0 Å². The number of para-hydroxylation sites is 2. The number of fused-ring (bicyclic) bond motifs is 3. The van der Waals surface area contributed by atoms with Gasteiger partial charge in [0.2, 0.25) is 0 Å². The van der Waals surface area contributed by atoms with Crippen LogP contribution in [0.3, 0.4) is 0 Å². The van der Waals surface area contributed by atoms with Crippen LogP contribution in [0.15, 0.2) is 42.5 Å². The molecule has 1 saturated heterocycles. The van der Waals surface area contributed by atoms with Crippen molar-refractivity contribution in [2.75, 3.05) is 53.2 Å². The molecule has 2 atom stereocenters. The van der Waals surface area contributed by atoms with Crippen molar-refractivity contribution in [3.63, 3.8) is 0 Å². The Balaban J connectivity index is 1.45. The fourth-order valence-corrected chi connectivity index (χ4v) is 6.05. The maximum absolute atomic E-state index is 15.6. The van der Waals surface area contributed by atoms with E-state index in [-0.39, 0.29) is 58.0 Å². The van der Waals surface area contributed by atoms with Gasteiger partial charge < -0.3 is 28.8 Å². The quantitative estimate of drug-likeness (QED) is 0.282. The Bertz CT molecular complexity index is 1420. The molecule has 2 aliphatic heterocycles. The standard InChI is InChI=1S/C33H43F2N3O5/c1-22-18-25-23-10-6-7-12-26(23)36-28(25)29(38(22)19-33(35)20-41-21-33)24-11-8-13-27(30(24)40-5)42-17-16-37(15-9-14-34)31(39)43-32(2,3)4/h6-8,10-13,22,29,36H,9,14-21H2,1-5H3/t22-,29-/m1/s1. The van der Waals surface area contributed by atoms with Crippen molar-refractivity contribution in [1.82, 2.24) is 14.8 Å². The highest BCUT2D eigenvalue weighted by Crippen LogP contribution is 2.47. The van der Waals surface area contributed by atoms with Crippen LogP contribution in [0.4, 0.5) is 13.6 Å². The average molecular weight is 600 g/mol. The third kappa shape index (κ3) is 6.75. The highest BCUT2D eigenvalue weighted by Gasteiger charge is 2.46. The Hall–Kier alpha value is -3.37. The minimum absolute atomic E-state index is 0.0529. The second-order valence-electron chi connectivity index (χ2n) is 12.6. The number of aromatic amines is 1. The maximum atomic E-state index is 15.6. The van der Waals surface area contributed by atoms with Gasteiger partial charge in [-0.05, 0) is 58.2 Å². The maximum Gasteiger partial charge on any atom is 0.410 e. The predicted molar refractivity (Wildman–Crippen MR) is 162 cm³/mol. The first-order chi connectivity index (χ1) is 20.5. The summed E-state index contributed by atoms with van der Waals surface area (Å²) in [4.78, 5) is 20.0. The largest absolute Gasteiger partial charge is 0.492 e. The fourth-order valence-electron chi connectivity index (χ4n) is 6.05. The first-order valence-electron chi connectivity index (χ1n) is 15.0. The summed E-state index contributed by atoms with van der Waals surface area (Å²) < 4.78 is 51.5. The van der Waals surface area contributed by atoms with Crippen LogP contribution < -0.4 is 9.47 Å². The Kier molecular flexibility index (Phi) is 9.18. The van der Waals surface area contributed by atoms with E-state index >= 15 is 4.39 Å². The first kappa shape index (κ1) is 31.1. The van der Waals surface area contributed by atoms with E-state index in [1.54, 1.807) is 27.9 Å². The summed E-state index contributed by atoms with van der Waals surface area (Å²) in [5.74, 6) is 1.05. The lowest BCUT2D eigenvalue weighted by Crippen LogP contribution is -2.57. The number of halogens is 2. The number of ether oxygens (including phenoxy) is 4. The number of amides is 1. The van der Waals surface area contributed by atoms with Gasteiger partial charge in [0.1, 0.15) is 12.2 Å². The minimum atomic E-state index is -1.41. The molecule has 8 nitrogen and oxygen atoms in total. The molecule has 0 aliphatic carbocycles. The number of aromatic nitrogens is 1. The third-order valence-corrected chi connectivity index (χ3v) is 8.05. The van der Waals surface area contributed by atoms with Crippen LogP contribution in [0.5, 0.6) is 11.5 Å². The van der Waals surface area contributed by atoms with Gasteiger partial charge in [0, 0.05) is 41.3 Å². The van der Waals surface area contributed by atoms with E-state index in [9.17, 15) is 9.18 Å². The molecule has 2 aromatic carbocycles. The molecular weight excluding hydrogens is 556 g/mol. The van der Waals surface area contributed by atoms with E-state index < -0.39 is 24.0 Å². The van der Waals surface area contributed by atoms with E-state index in [1.165, 1.54) is 10.5 Å². The summed E-state index contributed by atoms with van der Waals surface area (Å²) >= 11 is 0. The molecule has 0 radical (unpaired) electrons. The lowest BCUT2D eigenvalue weighted by molar-refractivity contribution is -0.147. The van der Waals surface area contributed by atoms with Crippen molar-refractivity contribution >= 4 is 17.0 Å². The van der Waals surface area contributed by atoms with E-state index in [4.69, 9.17) is 18.9 Å². The van der Waals surface area contributed by atoms with Crippen LogP contribution in [0.2, 0.25) is 0 Å². The molecule has 1 fully saturated rings. The van der Waals surface area contributed by atoms with Crippen LogP contribution in [-0.2, 0) is 15.9 Å². The number of nitrogens with zero attached hydrogens (tertiary/aromatic N) is 2. The summed E-state index contributed by atoms with van der Waals surface area (Å²) in [6, 6.07) is 13.7. The van der Waals surface area contributed by atoms with Gasteiger partial charge in [-0.3, -0.25) is 9.29 Å². The molecule has 0 spiro atoms. The van der Waals surface area contributed by atoms with Gasteiger partial charge >= 0.3 is 6.09 Å². The van der Waals surface area contributed by atoms with Crippen LogP contribution in [0.25, 0.3) is 10.9 Å². The van der Waals surface area contributed by atoms with E-state index in [0.717, 1.165) is 28.6 Å². The number of carbonyl (C=O) groups excluding carboxylic acids is 1. The Morgan fingerprint density at radius 3 is 2.60 bits per heavy atom. The fraction of sp³-hybridized carbons (Fsp3) is 0.545. The molecular formula is C33H43F2N3O5. The van der Waals surface area contributed by atoms with Gasteiger partial charge in [0.05, 0.1) is 39.6 Å². The number of alkyl halides is 2. The molecule has 0 bridgehead atoms. The zero-order valence-corrected chi connectivity index (χ0v) is 25.8. The highest BCUT2D eigenvalue weighted by atomic mass is 19.1. The van der Waals surface area contributed by atoms with Gasteiger partial charge in [-0.15, -0.1) is 0 Å². The number of hydrogen-bond acceptors (Lipinski definition) is 6. The molecule has 5 rings (SSSR count). The van der Waals surface area contributed by atoms with Gasteiger partial charge in [-0.2, -0.15) is 0 Å². The Labute approximate surface area is 252 Å². The van der Waals surface area contributed by atoms with Gasteiger partial charge in [-0.1, -0.05) is 30.3 Å². The summed E-state index contributed by atoms with van der Waals surface area (Å²) in [6.45, 7) is 7.96. The zero-order valence-electron chi connectivity index (χ0n) is 25.8. The van der Waals surface area contributed by atoms with Crippen molar-refractivity contribution in [3.05, 3.63) is 59.3 Å². The second-order valence-corrected chi connectivity index (χ2v) is 12.6. The molecule has 234 valence electrons. The number of H-pyrrole nitrogens is 1. The molecule has 1 amide bonds.